The van der Waals surface area contributed by atoms with Crippen LogP contribution in [0, 0.1) is 13.8 Å². The second-order valence-electron chi connectivity index (χ2n) is 10.1. The second kappa shape index (κ2) is 8.97. The summed E-state index contributed by atoms with van der Waals surface area (Å²) in [6.45, 7) is 4.23. The third kappa shape index (κ3) is 3.59. The van der Waals surface area contributed by atoms with Crippen molar-refractivity contribution in [2.45, 2.75) is 13.8 Å². The van der Waals surface area contributed by atoms with E-state index in [9.17, 15) is 0 Å². The van der Waals surface area contributed by atoms with E-state index >= 15 is 0 Å². The molecule has 180 valence electrons. The molecule has 7 aromatic rings. The third-order valence-corrected chi connectivity index (χ3v) is 7.74. The van der Waals surface area contributed by atoms with Gasteiger partial charge < -0.3 is 0 Å². The molecule has 0 aliphatic carbocycles. The normalized spacial score (nSPS) is 11.4. The largest absolute Gasteiger partial charge is 0.262 e. The van der Waals surface area contributed by atoms with Gasteiger partial charge in [0.05, 0.1) is 0 Å². The highest BCUT2D eigenvalue weighted by molar-refractivity contribution is 6.23. The fraction of sp³-hybridized carbons (Fsp3) is 0.0541. The van der Waals surface area contributed by atoms with Gasteiger partial charge in [0.2, 0.25) is 0 Å². The molecule has 0 atom stereocenters. The maximum atomic E-state index is 4.36. The van der Waals surface area contributed by atoms with Crippen molar-refractivity contribution in [3.8, 4) is 33.4 Å². The van der Waals surface area contributed by atoms with Crippen molar-refractivity contribution < 1.29 is 0 Å². The minimum Gasteiger partial charge on any atom is -0.262 e. The summed E-state index contributed by atoms with van der Waals surface area (Å²) in [7, 11) is 0. The smallest absolute Gasteiger partial charge is 0.0378 e. The van der Waals surface area contributed by atoms with Crippen LogP contribution in [-0.2, 0) is 0 Å². The van der Waals surface area contributed by atoms with Gasteiger partial charge in [-0.25, -0.2) is 0 Å². The monoisotopic (exact) mass is 485 g/mol. The number of aryl methyl sites for hydroxylation is 2. The first-order valence-electron chi connectivity index (χ1n) is 13.1. The number of benzene rings is 6. The van der Waals surface area contributed by atoms with Crippen LogP contribution in [0.4, 0.5) is 0 Å². The van der Waals surface area contributed by atoms with Gasteiger partial charge in [-0.15, -0.1) is 0 Å². The lowest BCUT2D eigenvalue weighted by Crippen LogP contribution is -1.92. The Hall–Kier alpha value is -4.75. The highest BCUT2D eigenvalue weighted by atomic mass is 14.6. The van der Waals surface area contributed by atoms with Gasteiger partial charge in [-0.1, -0.05) is 109 Å². The SMILES string of the molecule is Cc1cc(-c2ccc(-c3c4ccccc4c(-c4cccc5c(C)cccc45)c4ccccc34)cc2)ccn1. The molecule has 7 rings (SSSR count). The van der Waals surface area contributed by atoms with Crippen molar-refractivity contribution in [1.82, 2.24) is 4.98 Å². The second-order valence-corrected chi connectivity index (χ2v) is 10.1. The predicted octanol–water partition coefficient (Wildman–Crippen LogP) is 10.2. The number of hydrogen-bond donors (Lipinski definition) is 0. The first-order chi connectivity index (χ1) is 18.7. The molecule has 0 unspecified atom stereocenters. The van der Waals surface area contributed by atoms with E-state index in [0.717, 1.165) is 5.69 Å². The molecule has 1 nitrogen and oxygen atoms in total. The maximum absolute atomic E-state index is 4.36. The average Bonchev–Trinajstić information content (AvgIpc) is 2.96. The zero-order chi connectivity index (χ0) is 25.6. The highest BCUT2D eigenvalue weighted by Gasteiger charge is 2.18. The molecule has 1 heterocycles. The van der Waals surface area contributed by atoms with Crippen molar-refractivity contribution in [2.75, 3.05) is 0 Å². The molecule has 0 saturated carbocycles. The van der Waals surface area contributed by atoms with Crippen LogP contribution in [0.1, 0.15) is 11.3 Å². The molecule has 1 aromatic heterocycles. The molecule has 0 fully saturated rings. The van der Waals surface area contributed by atoms with Crippen LogP contribution < -0.4 is 0 Å². The van der Waals surface area contributed by atoms with Crippen LogP contribution in [-0.4, -0.2) is 4.98 Å². The molecule has 38 heavy (non-hydrogen) atoms. The molecule has 0 spiro atoms. The Kier molecular flexibility index (Phi) is 5.30. The van der Waals surface area contributed by atoms with E-state index in [-0.39, 0.29) is 0 Å². The number of fused-ring (bicyclic) bond motifs is 3. The number of pyridine rings is 1. The van der Waals surface area contributed by atoms with Crippen LogP contribution >= 0.6 is 0 Å². The Balaban J connectivity index is 1.53. The van der Waals surface area contributed by atoms with Crippen molar-refractivity contribution in [3.05, 3.63) is 139 Å². The van der Waals surface area contributed by atoms with Gasteiger partial charge >= 0.3 is 0 Å². The topological polar surface area (TPSA) is 12.9 Å². The zero-order valence-corrected chi connectivity index (χ0v) is 21.6. The first-order valence-corrected chi connectivity index (χ1v) is 13.1. The van der Waals surface area contributed by atoms with E-state index in [4.69, 9.17) is 0 Å². The fourth-order valence-corrected chi connectivity index (χ4v) is 5.97. The standard InChI is InChI=1S/C37H27N/c1-24-9-7-15-30-29(24)14-8-16-31(30)37-34-12-5-3-10-32(34)36(33-11-4-6-13-35(33)37)27-19-17-26(18-20-27)28-21-22-38-25(2)23-28/h3-23H,1-2H3. The van der Waals surface area contributed by atoms with Crippen LogP contribution in [0.3, 0.4) is 0 Å². The highest BCUT2D eigenvalue weighted by Crippen LogP contribution is 2.45. The fourth-order valence-electron chi connectivity index (χ4n) is 5.97. The molecule has 0 aliphatic rings. The van der Waals surface area contributed by atoms with Crippen LogP contribution in [0.5, 0.6) is 0 Å². The van der Waals surface area contributed by atoms with Gasteiger partial charge in [-0.05, 0) is 97.2 Å². The molecule has 0 radical (unpaired) electrons. The Labute approximate surface area is 223 Å². The summed E-state index contributed by atoms with van der Waals surface area (Å²) in [5, 5.41) is 7.72. The summed E-state index contributed by atoms with van der Waals surface area (Å²) < 4.78 is 0. The van der Waals surface area contributed by atoms with E-state index in [1.54, 1.807) is 0 Å². The van der Waals surface area contributed by atoms with E-state index in [2.05, 4.69) is 133 Å². The number of aromatic nitrogens is 1. The lowest BCUT2D eigenvalue weighted by atomic mass is 9.84. The van der Waals surface area contributed by atoms with Gasteiger partial charge in [-0.3, -0.25) is 4.98 Å². The summed E-state index contributed by atoms with van der Waals surface area (Å²) in [4.78, 5) is 4.36. The number of nitrogens with zero attached hydrogens (tertiary/aromatic N) is 1. The lowest BCUT2D eigenvalue weighted by Gasteiger charge is -2.19. The van der Waals surface area contributed by atoms with Gasteiger partial charge in [0.1, 0.15) is 0 Å². The Morgan fingerprint density at radius 3 is 1.63 bits per heavy atom. The van der Waals surface area contributed by atoms with Crippen LogP contribution in [0.2, 0.25) is 0 Å². The van der Waals surface area contributed by atoms with E-state index in [1.165, 1.54) is 71.3 Å². The number of hydrogen-bond acceptors (Lipinski definition) is 1. The summed E-state index contributed by atoms with van der Waals surface area (Å²) in [5.74, 6) is 0. The van der Waals surface area contributed by atoms with Gasteiger partial charge in [-0.2, -0.15) is 0 Å². The molecular weight excluding hydrogens is 458 g/mol. The van der Waals surface area contributed by atoms with Gasteiger partial charge in [0, 0.05) is 11.9 Å². The van der Waals surface area contributed by atoms with Crippen molar-refractivity contribution in [2.24, 2.45) is 0 Å². The quantitative estimate of drug-likeness (QED) is 0.227. The molecule has 0 aliphatic heterocycles. The van der Waals surface area contributed by atoms with E-state index < -0.39 is 0 Å². The molecule has 0 bridgehead atoms. The summed E-state index contributed by atoms with van der Waals surface area (Å²) >= 11 is 0. The van der Waals surface area contributed by atoms with Gasteiger partial charge in [0.15, 0.2) is 0 Å². The zero-order valence-electron chi connectivity index (χ0n) is 21.6. The molecule has 0 saturated heterocycles. The Bertz CT molecular complexity index is 1920. The van der Waals surface area contributed by atoms with Gasteiger partial charge in [0.25, 0.3) is 0 Å². The van der Waals surface area contributed by atoms with Crippen molar-refractivity contribution >= 4 is 32.3 Å². The third-order valence-electron chi connectivity index (χ3n) is 7.74. The molecule has 0 amide bonds. The van der Waals surface area contributed by atoms with E-state index in [1.807, 2.05) is 13.1 Å². The minimum absolute atomic E-state index is 1.03. The molecule has 0 N–H and O–H groups in total. The van der Waals surface area contributed by atoms with E-state index in [0.29, 0.717) is 0 Å². The maximum Gasteiger partial charge on any atom is 0.0378 e. The Morgan fingerprint density at radius 2 is 0.974 bits per heavy atom. The summed E-state index contributed by atoms with van der Waals surface area (Å²) in [6, 6.07) is 44.3. The number of rotatable bonds is 3. The van der Waals surface area contributed by atoms with Crippen molar-refractivity contribution in [3.63, 3.8) is 0 Å². The summed E-state index contributed by atoms with van der Waals surface area (Å²) in [6.07, 6.45) is 1.88. The minimum atomic E-state index is 1.03. The summed E-state index contributed by atoms with van der Waals surface area (Å²) in [5.41, 5.74) is 9.84. The molecule has 6 aromatic carbocycles. The van der Waals surface area contributed by atoms with Crippen LogP contribution in [0.15, 0.2) is 128 Å². The predicted molar refractivity (Wildman–Crippen MR) is 163 cm³/mol. The molecule has 1 heteroatoms. The molecular formula is C37H27N. The first kappa shape index (κ1) is 22.4. The average molecular weight is 486 g/mol. The van der Waals surface area contributed by atoms with Crippen LogP contribution in [0.25, 0.3) is 65.7 Å². The Morgan fingerprint density at radius 1 is 0.421 bits per heavy atom. The lowest BCUT2D eigenvalue weighted by molar-refractivity contribution is 1.20. The van der Waals surface area contributed by atoms with Crippen molar-refractivity contribution in [1.29, 1.82) is 0 Å².